The first kappa shape index (κ1) is 30.9. The second-order valence-corrected chi connectivity index (χ2v) is 7.22. The largest absolute Gasteiger partial charge is 0.490 e. The second kappa shape index (κ2) is 13.2. The second-order valence-electron chi connectivity index (χ2n) is 7.22. The molecule has 2 aromatic rings. The van der Waals surface area contributed by atoms with Crippen LogP contribution in [-0.4, -0.2) is 63.3 Å². The summed E-state index contributed by atoms with van der Waals surface area (Å²) in [6.45, 7) is 1.65. The van der Waals surface area contributed by atoms with Crippen LogP contribution in [0.5, 0.6) is 5.75 Å². The topological polar surface area (TPSA) is 232 Å². The first-order chi connectivity index (χ1) is 17.5. The number of benzene rings is 2. The molecule has 0 aliphatic heterocycles. The summed E-state index contributed by atoms with van der Waals surface area (Å²) in [6.07, 6.45) is -5.87. The van der Waals surface area contributed by atoms with Crippen LogP contribution in [-0.2, 0) is 14.4 Å². The number of carbonyl (C=O) groups is 5. The van der Waals surface area contributed by atoms with E-state index in [-0.39, 0.29) is 22.8 Å². The fourth-order valence-electron chi connectivity index (χ4n) is 2.45. The van der Waals surface area contributed by atoms with Gasteiger partial charge in [-0.05, 0) is 48.9 Å². The lowest BCUT2D eigenvalue weighted by atomic mass is 10.1. The molecular formula is C22H21F3N4O9. The lowest BCUT2D eigenvalue weighted by molar-refractivity contribution is -0.192. The van der Waals surface area contributed by atoms with Crippen LogP contribution < -0.4 is 21.5 Å². The number of rotatable bonds is 8. The molecule has 13 nitrogen and oxygen atoms in total. The Morgan fingerprint density at radius 3 is 1.95 bits per heavy atom. The molecule has 2 rings (SSSR count). The van der Waals surface area contributed by atoms with Crippen LogP contribution in [0.15, 0.2) is 47.5 Å². The number of amides is 1. The quantitative estimate of drug-likeness (QED) is 0.121. The van der Waals surface area contributed by atoms with Gasteiger partial charge in [-0.1, -0.05) is 6.07 Å². The number of alkyl halides is 3. The van der Waals surface area contributed by atoms with Crippen molar-refractivity contribution in [3.05, 3.63) is 59.2 Å². The van der Waals surface area contributed by atoms with Crippen molar-refractivity contribution in [2.75, 3.05) is 0 Å². The van der Waals surface area contributed by atoms with Gasteiger partial charge in [0.2, 0.25) is 0 Å². The molecule has 0 bridgehead atoms. The number of carboxylic acids is 3. The first-order valence-electron chi connectivity index (χ1n) is 10.1. The number of nitrogens with two attached hydrogens (primary N) is 2. The van der Waals surface area contributed by atoms with Crippen molar-refractivity contribution in [2.24, 2.45) is 16.5 Å². The van der Waals surface area contributed by atoms with E-state index in [1.54, 1.807) is 6.92 Å². The Morgan fingerprint density at radius 2 is 1.50 bits per heavy atom. The number of halogens is 3. The molecule has 8 N–H and O–H groups in total. The third kappa shape index (κ3) is 10.2. The van der Waals surface area contributed by atoms with Crippen molar-refractivity contribution in [3.63, 3.8) is 0 Å². The molecule has 2 aromatic carbocycles. The number of aryl methyl sites for hydroxylation is 1. The molecule has 0 radical (unpaired) electrons. The Morgan fingerprint density at radius 1 is 0.974 bits per heavy atom. The molecule has 0 aliphatic carbocycles. The Kier molecular flexibility index (Phi) is 10.8. The summed E-state index contributed by atoms with van der Waals surface area (Å²) >= 11 is 0. The summed E-state index contributed by atoms with van der Waals surface area (Å²) in [5.41, 5.74) is 11.8. The maximum atomic E-state index is 12.4. The highest BCUT2D eigenvalue weighted by molar-refractivity contribution is 5.98. The van der Waals surface area contributed by atoms with E-state index >= 15 is 0 Å². The van der Waals surface area contributed by atoms with Gasteiger partial charge in [0.25, 0.3) is 5.91 Å². The SMILES string of the molecule is Cc1ccc(C(=O)N[C@@H](CC(=O)O)C(=O)O)cc1OC(=O)c1ccc(N=C(N)N)cc1.O=C(O)C(F)(F)F. The van der Waals surface area contributed by atoms with Crippen molar-refractivity contribution in [1.82, 2.24) is 5.32 Å². The van der Waals surface area contributed by atoms with E-state index in [0.29, 0.717) is 11.3 Å². The van der Waals surface area contributed by atoms with E-state index in [1.165, 1.54) is 42.5 Å². The highest BCUT2D eigenvalue weighted by atomic mass is 19.4. The van der Waals surface area contributed by atoms with Gasteiger partial charge in [-0.2, -0.15) is 13.2 Å². The summed E-state index contributed by atoms with van der Waals surface area (Å²) in [5, 5.41) is 27.1. The molecule has 0 saturated heterocycles. The van der Waals surface area contributed by atoms with Crippen LogP contribution in [0.4, 0.5) is 18.9 Å². The molecule has 0 aromatic heterocycles. The normalized spacial score (nSPS) is 11.2. The Bertz CT molecular complexity index is 1240. The van der Waals surface area contributed by atoms with E-state index in [1.807, 2.05) is 0 Å². The number of hydrogen-bond donors (Lipinski definition) is 6. The van der Waals surface area contributed by atoms with Crippen LogP contribution in [0, 0.1) is 6.92 Å². The Labute approximate surface area is 211 Å². The fourth-order valence-corrected chi connectivity index (χ4v) is 2.45. The predicted octanol–water partition coefficient (Wildman–Crippen LogP) is 1.41. The van der Waals surface area contributed by atoms with Crippen molar-refractivity contribution < 1.29 is 57.2 Å². The van der Waals surface area contributed by atoms with Gasteiger partial charge in [0.1, 0.15) is 11.8 Å². The number of aliphatic imine (C=N–C) groups is 1. The Balaban J connectivity index is 0.000000905. The summed E-state index contributed by atoms with van der Waals surface area (Å²) in [7, 11) is 0. The number of esters is 1. The Hall–Kier alpha value is -5.15. The van der Waals surface area contributed by atoms with Crippen LogP contribution in [0.1, 0.15) is 32.7 Å². The standard InChI is InChI=1S/C20H20N4O7.C2HF3O2/c1-10-2-3-12(17(27)24-14(18(28)29)9-16(25)26)8-15(10)31-19(30)11-4-6-13(7-5-11)23-20(21)22;3-2(4,5)1(6)7/h2-8,14H,9H2,1H3,(H,24,27)(H,25,26)(H,28,29)(H4,21,22,23);(H,6,7)/t14-;/m0./s1. The fraction of sp³-hybridized carbons (Fsp3) is 0.182. The van der Waals surface area contributed by atoms with Crippen molar-refractivity contribution in [2.45, 2.75) is 25.6 Å². The van der Waals surface area contributed by atoms with Crippen molar-refractivity contribution in [1.29, 1.82) is 0 Å². The van der Waals surface area contributed by atoms with Crippen molar-refractivity contribution >= 4 is 41.4 Å². The van der Waals surface area contributed by atoms with E-state index in [0.717, 1.165) is 0 Å². The summed E-state index contributed by atoms with van der Waals surface area (Å²) in [4.78, 5) is 59.4. The molecule has 0 fully saturated rings. The average Bonchev–Trinajstić information content (AvgIpc) is 2.79. The molecule has 204 valence electrons. The summed E-state index contributed by atoms with van der Waals surface area (Å²) in [6, 6.07) is 8.50. The maximum Gasteiger partial charge on any atom is 0.490 e. The minimum atomic E-state index is -5.08. The lowest BCUT2D eigenvalue weighted by Crippen LogP contribution is -2.42. The van der Waals surface area contributed by atoms with E-state index in [4.69, 9.17) is 36.3 Å². The van der Waals surface area contributed by atoms with Crippen LogP contribution in [0.2, 0.25) is 0 Å². The molecular weight excluding hydrogens is 521 g/mol. The zero-order valence-corrected chi connectivity index (χ0v) is 19.4. The zero-order chi connectivity index (χ0) is 29.2. The van der Waals surface area contributed by atoms with Gasteiger partial charge in [-0.25, -0.2) is 19.4 Å². The van der Waals surface area contributed by atoms with Crippen LogP contribution >= 0.6 is 0 Å². The summed E-state index contributed by atoms with van der Waals surface area (Å²) < 4.78 is 37.1. The van der Waals surface area contributed by atoms with Gasteiger partial charge in [0.15, 0.2) is 5.96 Å². The number of nitrogens with zero attached hydrogens (tertiary/aromatic N) is 1. The summed E-state index contributed by atoms with van der Waals surface area (Å²) in [5.74, 6) is -7.20. The van der Waals surface area contributed by atoms with Gasteiger partial charge in [0.05, 0.1) is 17.7 Å². The molecule has 0 spiro atoms. The monoisotopic (exact) mass is 542 g/mol. The molecule has 38 heavy (non-hydrogen) atoms. The van der Waals surface area contributed by atoms with Gasteiger partial charge < -0.3 is 36.8 Å². The minimum Gasteiger partial charge on any atom is -0.481 e. The number of hydrogen-bond acceptors (Lipinski definition) is 7. The third-order valence-electron chi connectivity index (χ3n) is 4.24. The predicted molar refractivity (Wildman–Crippen MR) is 123 cm³/mol. The molecule has 0 saturated carbocycles. The van der Waals surface area contributed by atoms with E-state index in [9.17, 15) is 32.3 Å². The number of carbonyl (C=O) groups excluding carboxylic acids is 2. The van der Waals surface area contributed by atoms with Crippen molar-refractivity contribution in [3.8, 4) is 5.75 Å². The third-order valence-corrected chi connectivity index (χ3v) is 4.24. The maximum absolute atomic E-state index is 12.4. The minimum absolute atomic E-state index is 0.00635. The number of nitrogens with one attached hydrogen (secondary N) is 1. The molecule has 1 atom stereocenters. The van der Waals surface area contributed by atoms with E-state index < -0.39 is 48.4 Å². The molecule has 0 aliphatic rings. The van der Waals surface area contributed by atoms with Crippen LogP contribution in [0.25, 0.3) is 0 Å². The number of carboxylic acid groups (broad SMARTS) is 3. The highest BCUT2D eigenvalue weighted by Gasteiger charge is 2.38. The lowest BCUT2D eigenvalue weighted by Gasteiger charge is -2.14. The molecule has 0 heterocycles. The van der Waals surface area contributed by atoms with Gasteiger partial charge in [0, 0.05) is 5.56 Å². The van der Waals surface area contributed by atoms with Gasteiger partial charge in [-0.15, -0.1) is 0 Å². The van der Waals surface area contributed by atoms with Gasteiger partial charge >= 0.3 is 30.1 Å². The zero-order valence-electron chi connectivity index (χ0n) is 19.4. The smallest absolute Gasteiger partial charge is 0.481 e. The molecule has 0 unspecified atom stereocenters. The van der Waals surface area contributed by atoms with Gasteiger partial charge in [-0.3, -0.25) is 9.59 Å². The number of aliphatic carboxylic acids is 3. The molecule has 1 amide bonds. The average molecular weight is 542 g/mol. The number of ether oxygens (including phenoxy) is 1. The first-order valence-corrected chi connectivity index (χ1v) is 10.1. The number of guanidine groups is 1. The van der Waals surface area contributed by atoms with Crippen LogP contribution in [0.3, 0.4) is 0 Å². The highest BCUT2D eigenvalue weighted by Crippen LogP contribution is 2.22. The van der Waals surface area contributed by atoms with E-state index in [2.05, 4.69) is 10.3 Å². The molecule has 16 heteroatoms.